The van der Waals surface area contributed by atoms with Crippen LogP contribution >= 0.6 is 22.9 Å². The summed E-state index contributed by atoms with van der Waals surface area (Å²) in [4.78, 5) is 19.6. The molecular formula is C20H25ClN4O3S2. The second-order valence-electron chi connectivity index (χ2n) is 7.69. The number of halogens is 1. The molecule has 2 fully saturated rings. The molecule has 3 heterocycles. The Kier molecular flexibility index (Phi) is 6.74. The summed E-state index contributed by atoms with van der Waals surface area (Å²) >= 11 is 7.54. The Morgan fingerprint density at radius 1 is 1.10 bits per heavy atom. The van der Waals surface area contributed by atoms with E-state index in [-0.39, 0.29) is 15.5 Å². The number of carbonyl (C=O) groups excluding carboxylic acids is 1. The van der Waals surface area contributed by atoms with Gasteiger partial charge in [0.1, 0.15) is 4.90 Å². The first-order valence-corrected chi connectivity index (χ1v) is 12.9. The lowest BCUT2D eigenvalue weighted by Crippen LogP contribution is -2.29. The Labute approximate surface area is 186 Å². The Morgan fingerprint density at radius 3 is 2.53 bits per heavy atom. The van der Waals surface area contributed by atoms with Crippen molar-refractivity contribution in [2.45, 2.75) is 43.5 Å². The molecule has 162 valence electrons. The van der Waals surface area contributed by atoms with Crippen molar-refractivity contribution >= 4 is 44.0 Å². The average molecular weight is 469 g/mol. The Morgan fingerprint density at radius 2 is 1.80 bits per heavy atom. The van der Waals surface area contributed by atoms with Crippen molar-refractivity contribution in [1.82, 2.24) is 14.2 Å². The summed E-state index contributed by atoms with van der Waals surface area (Å²) in [7, 11) is -3.71. The van der Waals surface area contributed by atoms with E-state index in [1.807, 2.05) is 5.38 Å². The number of anilines is 1. The Balaban J connectivity index is 1.46. The lowest BCUT2D eigenvalue weighted by molar-refractivity contribution is 0.102. The minimum absolute atomic E-state index is 0.0244. The summed E-state index contributed by atoms with van der Waals surface area (Å²) in [5, 5.41) is 5.36. The largest absolute Gasteiger partial charge is 0.298 e. The minimum atomic E-state index is -3.71. The third-order valence-electron chi connectivity index (χ3n) is 5.48. The first-order valence-electron chi connectivity index (χ1n) is 10.2. The molecule has 0 unspecified atom stereocenters. The second-order valence-corrected chi connectivity index (χ2v) is 10.9. The van der Waals surface area contributed by atoms with E-state index in [2.05, 4.69) is 15.2 Å². The van der Waals surface area contributed by atoms with Crippen LogP contribution in [0.15, 0.2) is 28.5 Å². The Hall–Kier alpha value is -1.52. The molecule has 0 bridgehead atoms. The van der Waals surface area contributed by atoms with Gasteiger partial charge in [0, 0.05) is 30.6 Å². The number of thiazole rings is 1. The molecular weight excluding hydrogens is 444 g/mol. The highest BCUT2D eigenvalue weighted by atomic mass is 35.5. The summed E-state index contributed by atoms with van der Waals surface area (Å²) < 4.78 is 27.2. The summed E-state index contributed by atoms with van der Waals surface area (Å²) in [5.41, 5.74) is 1.18. The Bertz CT molecular complexity index is 1010. The molecule has 2 aliphatic heterocycles. The van der Waals surface area contributed by atoms with Gasteiger partial charge in [-0.3, -0.25) is 15.0 Å². The highest BCUT2D eigenvalue weighted by Crippen LogP contribution is 2.28. The zero-order valence-electron chi connectivity index (χ0n) is 16.6. The van der Waals surface area contributed by atoms with Gasteiger partial charge in [-0.15, -0.1) is 11.3 Å². The fraction of sp³-hybridized carbons (Fsp3) is 0.500. The van der Waals surface area contributed by atoms with E-state index in [1.165, 1.54) is 53.1 Å². The van der Waals surface area contributed by atoms with Crippen LogP contribution in [0.2, 0.25) is 5.02 Å². The highest BCUT2D eigenvalue weighted by Gasteiger charge is 2.29. The molecule has 2 saturated heterocycles. The van der Waals surface area contributed by atoms with Crippen LogP contribution in [0.5, 0.6) is 0 Å². The lowest BCUT2D eigenvalue weighted by atomic mass is 10.1. The fourth-order valence-electron chi connectivity index (χ4n) is 3.86. The summed E-state index contributed by atoms with van der Waals surface area (Å²) in [6, 6.07) is 4.35. The third-order valence-corrected chi connectivity index (χ3v) is 8.67. The first-order chi connectivity index (χ1) is 14.4. The number of hydrogen-bond donors (Lipinski definition) is 1. The lowest BCUT2D eigenvalue weighted by Gasteiger charge is -2.25. The SMILES string of the molecule is O=C(Nc1nc(CN2CCCCC2)cs1)c1ccc(Cl)c(S(=O)(=O)N2CCCC2)c1. The molecule has 2 aliphatic rings. The number of nitrogens with one attached hydrogen (secondary N) is 1. The predicted molar refractivity (Wildman–Crippen MR) is 119 cm³/mol. The first kappa shape index (κ1) is 21.7. The van der Waals surface area contributed by atoms with Crippen LogP contribution in [0.25, 0.3) is 0 Å². The van der Waals surface area contributed by atoms with Gasteiger partial charge in [-0.2, -0.15) is 4.31 Å². The van der Waals surface area contributed by atoms with Crippen molar-refractivity contribution in [2.75, 3.05) is 31.5 Å². The zero-order valence-corrected chi connectivity index (χ0v) is 19.0. The van der Waals surface area contributed by atoms with E-state index in [0.29, 0.717) is 18.2 Å². The maximum Gasteiger partial charge on any atom is 0.257 e. The number of sulfonamides is 1. The maximum absolute atomic E-state index is 12.9. The van der Waals surface area contributed by atoms with Gasteiger partial charge in [-0.1, -0.05) is 18.0 Å². The zero-order chi connectivity index (χ0) is 21.1. The molecule has 30 heavy (non-hydrogen) atoms. The van der Waals surface area contributed by atoms with Crippen molar-refractivity contribution in [3.8, 4) is 0 Å². The van der Waals surface area contributed by atoms with E-state index in [1.54, 1.807) is 0 Å². The summed E-state index contributed by atoms with van der Waals surface area (Å²) in [6.45, 7) is 3.91. The van der Waals surface area contributed by atoms with E-state index in [4.69, 9.17) is 11.6 Å². The van der Waals surface area contributed by atoms with Crippen LogP contribution in [0.3, 0.4) is 0 Å². The predicted octanol–water partition coefficient (Wildman–Crippen LogP) is 3.82. The van der Waals surface area contributed by atoms with Crippen LogP contribution in [0.1, 0.15) is 48.2 Å². The molecule has 0 radical (unpaired) electrons. The second kappa shape index (κ2) is 9.32. The highest BCUT2D eigenvalue weighted by molar-refractivity contribution is 7.89. The number of benzene rings is 1. The van der Waals surface area contributed by atoms with Gasteiger partial charge < -0.3 is 0 Å². The minimum Gasteiger partial charge on any atom is -0.298 e. The molecule has 1 aromatic carbocycles. The number of likely N-dealkylation sites (tertiary alicyclic amines) is 1. The molecule has 2 aromatic rings. The number of piperidine rings is 1. The smallest absolute Gasteiger partial charge is 0.257 e. The third kappa shape index (κ3) is 4.86. The van der Waals surface area contributed by atoms with Crippen molar-refractivity contribution in [2.24, 2.45) is 0 Å². The number of nitrogens with zero attached hydrogens (tertiary/aromatic N) is 3. The molecule has 1 aromatic heterocycles. The molecule has 10 heteroatoms. The van der Waals surface area contributed by atoms with E-state index in [9.17, 15) is 13.2 Å². The van der Waals surface area contributed by atoms with Crippen LogP contribution in [-0.2, 0) is 16.6 Å². The van der Waals surface area contributed by atoms with Gasteiger partial charge in [0.05, 0.1) is 10.7 Å². The molecule has 1 amide bonds. The van der Waals surface area contributed by atoms with Gasteiger partial charge >= 0.3 is 0 Å². The van der Waals surface area contributed by atoms with E-state index >= 15 is 0 Å². The van der Waals surface area contributed by atoms with Gasteiger partial charge in [0.15, 0.2) is 5.13 Å². The van der Waals surface area contributed by atoms with E-state index < -0.39 is 15.9 Å². The van der Waals surface area contributed by atoms with Crippen LogP contribution in [0.4, 0.5) is 5.13 Å². The molecule has 0 atom stereocenters. The fourth-order valence-corrected chi connectivity index (χ4v) is 6.58. The quantitative estimate of drug-likeness (QED) is 0.696. The molecule has 4 rings (SSSR count). The van der Waals surface area contributed by atoms with Gasteiger partial charge in [-0.25, -0.2) is 13.4 Å². The normalized spacial score (nSPS) is 18.6. The standard InChI is InChI=1S/C20H25ClN4O3S2/c21-17-7-6-15(12-18(17)30(27,28)25-10-4-5-11-25)19(26)23-20-22-16(14-29-20)13-24-8-2-1-3-9-24/h6-7,12,14H,1-5,8-11,13H2,(H,22,23,26). The van der Waals surface area contributed by atoms with Gasteiger partial charge in [0.2, 0.25) is 10.0 Å². The topological polar surface area (TPSA) is 82.6 Å². The van der Waals surface area contributed by atoms with E-state index in [0.717, 1.165) is 38.2 Å². The number of hydrogen-bond acceptors (Lipinski definition) is 6. The molecule has 0 spiro atoms. The molecule has 7 nitrogen and oxygen atoms in total. The molecule has 0 saturated carbocycles. The average Bonchev–Trinajstić information content (AvgIpc) is 3.42. The maximum atomic E-state index is 12.9. The number of aromatic nitrogens is 1. The van der Waals surface area contributed by atoms with Gasteiger partial charge in [-0.05, 0) is 57.0 Å². The monoisotopic (exact) mass is 468 g/mol. The van der Waals surface area contributed by atoms with Crippen LogP contribution in [0, 0.1) is 0 Å². The molecule has 1 N–H and O–H groups in total. The van der Waals surface area contributed by atoms with Crippen molar-refractivity contribution in [3.05, 3.63) is 39.9 Å². The number of carbonyl (C=O) groups is 1. The van der Waals surface area contributed by atoms with Crippen molar-refractivity contribution in [1.29, 1.82) is 0 Å². The summed E-state index contributed by atoms with van der Waals surface area (Å²) in [5.74, 6) is -0.400. The summed E-state index contributed by atoms with van der Waals surface area (Å²) in [6.07, 6.45) is 5.38. The van der Waals surface area contributed by atoms with Gasteiger partial charge in [0.25, 0.3) is 5.91 Å². The van der Waals surface area contributed by atoms with Crippen molar-refractivity contribution in [3.63, 3.8) is 0 Å². The molecule has 0 aliphatic carbocycles. The van der Waals surface area contributed by atoms with Crippen LogP contribution < -0.4 is 5.32 Å². The number of rotatable bonds is 6. The number of amides is 1. The van der Waals surface area contributed by atoms with Crippen LogP contribution in [-0.4, -0.2) is 54.7 Å². The van der Waals surface area contributed by atoms with Crippen molar-refractivity contribution < 1.29 is 13.2 Å².